The van der Waals surface area contributed by atoms with Gasteiger partial charge in [-0.05, 0) is 6.92 Å². The smallest absolute Gasteiger partial charge is 0.328 e. The van der Waals surface area contributed by atoms with Gasteiger partial charge in [-0.15, -0.1) is 0 Å². The Morgan fingerprint density at radius 2 is 1.81 bits per heavy atom. The summed E-state index contributed by atoms with van der Waals surface area (Å²) in [5, 5.41) is 28.0. The molecule has 0 aliphatic rings. The number of hydrogen-bond donors (Lipinski definition) is 5. The minimum atomic E-state index is -1.51. The summed E-state index contributed by atoms with van der Waals surface area (Å²) in [5.74, 6) is -3.63. The maximum absolute atomic E-state index is 11.2. The number of aliphatic carboxylic acids is 2. The number of carboxylic acids is 2. The number of amides is 1. The van der Waals surface area contributed by atoms with Crippen molar-refractivity contribution < 1.29 is 29.7 Å². The van der Waals surface area contributed by atoms with Crippen LogP contribution < -0.4 is 11.1 Å². The van der Waals surface area contributed by atoms with Crippen LogP contribution in [0, 0.1) is 0 Å². The second-order valence-electron chi connectivity index (χ2n) is 3.27. The van der Waals surface area contributed by atoms with Crippen LogP contribution in [0.3, 0.4) is 0 Å². The predicted octanol–water partition coefficient (Wildman–Crippen LogP) is -2.26. The molecule has 3 atom stereocenters. The van der Waals surface area contributed by atoms with Gasteiger partial charge in [0.05, 0.1) is 18.6 Å². The molecular formula is C8H14N2O6. The number of aliphatic hydroxyl groups excluding tert-OH is 1. The summed E-state index contributed by atoms with van der Waals surface area (Å²) in [7, 11) is 0. The van der Waals surface area contributed by atoms with E-state index in [1.807, 2.05) is 5.32 Å². The normalized spacial score (nSPS) is 15.9. The number of carbonyl (C=O) groups excluding carboxylic acids is 1. The predicted molar refractivity (Wildman–Crippen MR) is 51.5 cm³/mol. The van der Waals surface area contributed by atoms with Crippen molar-refractivity contribution in [3.8, 4) is 0 Å². The van der Waals surface area contributed by atoms with Gasteiger partial charge in [-0.2, -0.15) is 0 Å². The van der Waals surface area contributed by atoms with E-state index >= 15 is 0 Å². The van der Waals surface area contributed by atoms with Crippen molar-refractivity contribution in [2.24, 2.45) is 5.73 Å². The maximum Gasteiger partial charge on any atom is 0.328 e. The van der Waals surface area contributed by atoms with Gasteiger partial charge in [0, 0.05) is 0 Å². The van der Waals surface area contributed by atoms with E-state index in [1.54, 1.807) is 0 Å². The molecule has 8 heteroatoms. The van der Waals surface area contributed by atoms with E-state index in [0.29, 0.717) is 0 Å². The van der Waals surface area contributed by atoms with Gasteiger partial charge >= 0.3 is 11.9 Å². The maximum atomic E-state index is 11.2. The third-order valence-corrected chi connectivity index (χ3v) is 1.78. The summed E-state index contributed by atoms with van der Waals surface area (Å²) in [4.78, 5) is 32.1. The van der Waals surface area contributed by atoms with E-state index in [9.17, 15) is 14.4 Å². The van der Waals surface area contributed by atoms with Crippen molar-refractivity contribution in [3.05, 3.63) is 0 Å². The Hall–Kier alpha value is -1.67. The fraction of sp³-hybridized carbons (Fsp3) is 0.625. The van der Waals surface area contributed by atoms with E-state index < -0.39 is 42.5 Å². The van der Waals surface area contributed by atoms with Crippen LogP contribution in [0.2, 0.25) is 0 Å². The fourth-order valence-electron chi connectivity index (χ4n) is 0.930. The van der Waals surface area contributed by atoms with Gasteiger partial charge in [0.1, 0.15) is 0 Å². The SMILES string of the molecule is C[C@H](O)[C@@H](NC(=O)[C@@H](N)CC(=O)O)C(=O)O. The summed E-state index contributed by atoms with van der Waals surface area (Å²) < 4.78 is 0. The van der Waals surface area contributed by atoms with Gasteiger partial charge < -0.3 is 26.4 Å². The average Bonchev–Trinajstić information content (AvgIpc) is 2.11. The summed E-state index contributed by atoms with van der Waals surface area (Å²) in [6.07, 6.45) is -1.92. The number of nitrogens with one attached hydrogen (secondary N) is 1. The first-order chi connectivity index (χ1) is 7.25. The number of nitrogens with two attached hydrogens (primary N) is 1. The third-order valence-electron chi connectivity index (χ3n) is 1.78. The molecule has 0 bridgehead atoms. The molecule has 16 heavy (non-hydrogen) atoms. The highest BCUT2D eigenvalue weighted by Gasteiger charge is 2.27. The Balaban J connectivity index is 4.40. The minimum Gasteiger partial charge on any atom is -0.481 e. The van der Waals surface area contributed by atoms with Crippen LogP contribution in [0.1, 0.15) is 13.3 Å². The fourth-order valence-corrected chi connectivity index (χ4v) is 0.930. The molecule has 0 rings (SSSR count). The molecule has 0 saturated heterocycles. The van der Waals surface area contributed by atoms with E-state index in [1.165, 1.54) is 6.92 Å². The summed E-state index contributed by atoms with van der Waals surface area (Å²) in [6, 6.07) is -2.86. The first-order valence-electron chi connectivity index (χ1n) is 4.44. The number of carbonyl (C=O) groups is 3. The number of aliphatic hydroxyl groups is 1. The molecule has 8 nitrogen and oxygen atoms in total. The quantitative estimate of drug-likeness (QED) is 0.348. The Morgan fingerprint density at radius 1 is 1.31 bits per heavy atom. The largest absolute Gasteiger partial charge is 0.481 e. The first-order valence-corrected chi connectivity index (χ1v) is 4.44. The molecule has 0 unspecified atom stereocenters. The van der Waals surface area contributed by atoms with Crippen LogP contribution in [-0.4, -0.2) is 51.4 Å². The van der Waals surface area contributed by atoms with Gasteiger partial charge in [-0.3, -0.25) is 9.59 Å². The summed E-state index contributed by atoms with van der Waals surface area (Å²) >= 11 is 0. The van der Waals surface area contributed by atoms with Gasteiger partial charge in [0.2, 0.25) is 5.91 Å². The van der Waals surface area contributed by atoms with Crippen LogP contribution in [0.25, 0.3) is 0 Å². The van der Waals surface area contributed by atoms with E-state index in [-0.39, 0.29) is 0 Å². The van der Waals surface area contributed by atoms with Gasteiger partial charge in [0.25, 0.3) is 0 Å². The lowest BCUT2D eigenvalue weighted by molar-refractivity contribution is -0.145. The summed E-state index contributed by atoms with van der Waals surface area (Å²) in [5.41, 5.74) is 5.20. The lowest BCUT2D eigenvalue weighted by Gasteiger charge is -2.18. The van der Waals surface area contributed by atoms with Crippen LogP contribution in [0.4, 0.5) is 0 Å². The molecule has 0 aliphatic carbocycles. The van der Waals surface area contributed by atoms with Crippen molar-refractivity contribution in [1.29, 1.82) is 0 Å². The second-order valence-corrected chi connectivity index (χ2v) is 3.27. The van der Waals surface area contributed by atoms with Gasteiger partial charge in [-0.25, -0.2) is 4.79 Å². The third kappa shape index (κ3) is 4.71. The topological polar surface area (TPSA) is 150 Å². The number of carboxylic acid groups (broad SMARTS) is 2. The monoisotopic (exact) mass is 234 g/mol. The summed E-state index contributed by atoms with van der Waals surface area (Å²) in [6.45, 7) is 1.18. The molecule has 0 spiro atoms. The second kappa shape index (κ2) is 6.03. The number of rotatable bonds is 6. The van der Waals surface area contributed by atoms with Crippen LogP contribution in [0.5, 0.6) is 0 Å². The van der Waals surface area contributed by atoms with Crippen molar-refractivity contribution in [1.82, 2.24) is 5.32 Å². The lowest BCUT2D eigenvalue weighted by atomic mass is 10.1. The average molecular weight is 234 g/mol. The van der Waals surface area contributed by atoms with Gasteiger partial charge in [-0.1, -0.05) is 0 Å². The van der Waals surface area contributed by atoms with Gasteiger partial charge in [0.15, 0.2) is 6.04 Å². The molecule has 0 aromatic carbocycles. The zero-order valence-electron chi connectivity index (χ0n) is 8.58. The molecule has 1 amide bonds. The molecule has 0 heterocycles. The van der Waals surface area contributed by atoms with Crippen LogP contribution in [0.15, 0.2) is 0 Å². The van der Waals surface area contributed by atoms with Crippen molar-refractivity contribution in [2.45, 2.75) is 31.5 Å². The van der Waals surface area contributed by atoms with Crippen LogP contribution >= 0.6 is 0 Å². The van der Waals surface area contributed by atoms with Crippen LogP contribution in [-0.2, 0) is 14.4 Å². The molecule has 0 aromatic rings. The molecular weight excluding hydrogens is 220 g/mol. The van der Waals surface area contributed by atoms with E-state index in [0.717, 1.165) is 0 Å². The highest BCUT2D eigenvalue weighted by molar-refractivity contribution is 5.89. The molecule has 0 saturated carbocycles. The lowest BCUT2D eigenvalue weighted by Crippen LogP contribution is -2.53. The zero-order valence-corrected chi connectivity index (χ0v) is 8.58. The molecule has 0 aliphatic heterocycles. The first kappa shape index (κ1) is 14.3. The zero-order chi connectivity index (χ0) is 12.9. The molecule has 0 aromatic heterocycles. The molecule has 0 fully saturated rings. The highest BCUT2D eigenvalue weighted by Crippen LogP contribution is 1.96. The highest BCUT2D eigenvalue weighted by atomic mass is 16.4. The van der Waals surface area contributed by atoms with E-state index in [4.69, 9.17) is 21.1 Å². The minimum absolute atomic E-state index is 0.613. The Bertz CT molecular complexity index is 290. The number of hydrogen-bond acceptors (Lipinski definition) is 5. The van der Waals surface area contributed by atoms with E-state index in [2.05, 4.69) is 0 Å². The van der Waals surface area contributed by atoms with Crippen molar-refractivity contribution in [2.75, 3.05) is 0 Å². The molecule has 0 radical (unpaired) electrons. The molecule has 92 valence electrons. The standard InChI is InChI=1S/C8H14N2O6/c1-3(11)6(8(15)16)10-7(14)4(9)2-5(12)13/h3-4,6,11H,2,9H2,1H3,(H,10,14)(H,12,13)(H,15,16)/t3-,4-,6+/m0/s1. The Labute approximate surface area is 91.1 Å². The Morgan fingerprint density at radius 3 is 2.12 bits per heavy atom. The van der Waals surface area contributed by atoms with Crippen molar-refractivity contribution >= 4 is 17.8 Å². The molecule has 6 N–H and O–H groups in total. The Kier molecular flexibility index (Phi) is 5.40. The van der Waals surface area contributed by atoms with Crippen molar-refractivity contribution in [3.63, 3.8) is 0 Å².